The molecule has 0 radical (unpaired) electrons. The molecule has 0 saturated carbocycles. The number of benzene rings is 2. The van der Waals surface area contributed by atoms with Gasteiger partial charge in [-0.3, -0.25) is 9.69 Å². The fourth-order valence-corrected chi connectivity index (χ4v) is 3.39. The normalized spacial score (nSPS) is 17.3. The number of ether oxygens (including phenoxy) is 3. The van der Waals surface area contributed by atoms with E-state index in [1.54, 1.807) is 14.2 Å². The number of hydrogen-bond donors (Lipinski definition) is 0. The Kier molecular flexibility index (Phi) is 6.71. The van der Waals surface area contributed by atoms with Crippen molar-refractivity contribution in [1.29, 1.82) is 0 Å². The van der Waals surface area contributed by atoms with Crippen LogP contribution in [-0.2, 0) is 22.7 Å². The molecule has 27 heavy (non-hydrogen) atoms. The van der Waals surface area contributed by atoms with E-state index in [-0.39, 0.29) is 18.6 Å². The van der Waals surface area contributed by atoms with Gasteiger partial charge in [-0.05, 0) is 54.8 Å². The van der Waals surface area contributed by atoms with E-state index in [9.17, 15) is 4.79 Å². The zero-order valence-electron chi connectivity index (χ0n) is 16.0. The molecule has 3 rings (SSSR count). The maximum Gasteiger partial charge on any atom is 0.323 e. The summed E-state index contributed by atoms with van der Waals surface area (Å²) in [6.07, 6.45) is 3.01. The standard InChI is InChI=1S/C22H27NO4/c1-25-19-10-6-17(7-11-19)15-23-14-4-3-5-21(23)22(24)27-16-18-8-12-20(26-2)13-9-18/h6-13,21H,3-5,14-16H2,1-2H3. The third kappa shape index (κ3) is 5.23. The van der Waals surface area contributed by atoms with Crippen LogP contribution in [0.15, 0.2) is 48.5 Å². The quantitative estimate of drug-likeness (QED) is 0.695. The van der Waals surface area contributed by atoms with Crippen LogP contribution in [0.2, 0.25) is 0 Å². The molecule has 1 heterocycles. The highest BCUT2D eigenvalue weighted by Gasteiger charge is 2.30. The Bertz CT molecular complexity index is 727. The fraction of sp³-hybridized carbons (Fsp3) is 0.409. The predicted octanol–water partition coefficient (Wildman–Crippen LogP) is 3.80. The molecule has 144 valence electrons. The van der Waals surface area contributed by atoms with Crippen LogP contribution in [0.3, 0.4) is 0 Å². The number of piperidine rings is 1. The van der Waals surface area contributed by atoms with E-state index in [0.29, 0.717) is 0 Å². The summed E-state index contributed by atoms with van der Waals surface area (Å²) >= 11 is 0. The van der Waals surface area contributed by atoms with Crippen molar-refractivity contribution in [3.05, 3.63) is 59.7 Å². The van der Waals surface area contributed by atoms with E-state index in [0.717, 1.165) is 49.4 Å². The average Bonchev–Trinajstić information content (AvgIpc) is 2.73. The molecule has 5 heteroatoms. The smallest absolute Gasteiger partial charge is 0.323 e. The van der Waals surface area contributed by atoms with Gasteiger partial charge in [0.05, 0.1) is 14.2 Å². The molecular formula is C22H27NO4. The van der Waals surface area contributed by atoms with Gasteiger partial charge in [-0.2, -0.15) is 0 Å². The molecule has 0 aromatic heterocycles. The summed E-state index contributed by atoms with van der Waals surface area (Å²) in [6.45, 7) is 1.94. The zero-order chi connectivity index (χ0) is 19.1. The number of nitrogens with zero attached hydrogens (tertiary/aromatic N) is 1. The van der Waals surface area contributed by atoms with Gasteiger partial charge in [0.1, 0.15) is 24.1 Å². The lowest BCUT2D eigenvalue weighted by Gasteiger charge is -2.34. The maximum absolute atomic E-state index is 12.7. The molecule has 1 aliphatic heterocycles. The molecule has 0 aliphatic carbocycles. The van der Waals surface area contributed by atoms with Crippen molar-refractivity contribution in [3.8, 4) is 11.5 Å². The number of likely N-dealkylation sites (tertiary alicyclic amines) is 1. The molecule has 0 amide bonds. The van der Waals surface area contributed by atoms with Gasteiger partial charge in [-0.25, -0.2) is 0 Å². The van der Waals surface area contributed by atoms with Crippen LogP contribution in [-0.4, -0.2) is 37.7 Å². The molecule has 1 atom stereocenters. The van der Waals surface area contributed by atoms with Crippen molar-refractivity contribution in [1.82, 2.24) is 4.90 Å². The predicted molar refractivity (Wildman–Crippen MR) is 104 cm³/mol. The highest BCUT2D eigenvalue weighted by molar-refractivity contribution is 5.76. The van der Waals surface area contributed by atoms with Crippen molar-refractivity contribution < 1.29 is 19.0 Å². The molecule has 1 aliphatic rings. The van der Waals surface area contributed by atoms with E-state index in [4.69, 9.17) is 14.2 Å². The van der Waals surface area contributed by atoms with Crippen LogP contribution in [0.4, 0.5) is 0 Å². The van der Waals surface area contributed by atoms with Crippen LogP contribution in [0.1, 0.15) is 30.4 Å². The lowest BCUT2D eigenvalue weighted by atomic mass is 10.0. The van der Waals surface area contributed by atoms with Gasteiger partial charge < -0.3 is 14.2 Å². The van der Waals surface area contributed by atoms with Crippen molar-refractivity contribution in [2.24, 2.45) is 0 Å². The highest BCUT2D eigenvalue weighted by Crippen LogP contribution is 2.22. The lowest BCUT2D eigenvalue weighted by Crippen LogP contribution is -2.44. The Morgan fingerprint density at radius 2 is 1.52 bits per heavy atom. The number of rotatable bonds is 7. The summed E-state index contributed by atoms with van der Waals surface area (Å²) in [5.41, 5.74) is 2.13. The Morgan fingerprint density at radius 1 is 0.926 bits per heavy atom. The zero-order valence-corrected chi connectivity index (χ0v) is 16.0. The summed E-state index contributed by atoms with van der Waals surface area (Å²) in [6, 6.07) is 15.4. The Morgan fingerprint density at radius 3 is 2.11 bits per heavy atom. The summed E-state index contributed by atoms with van der Waals surface area (Å²) in [5.74, 6) is 1.50. The maximum atomic E-state index is 12.7. The van der Waals surface area contributed by atoms with Crippen LogP contribution in [0, 0.1) is 0 Å². The third-order valence-electron chi connectivity index (χ3n) is 4.97. The Hall–Kier alpha value is -2.53. The molecule has 0 spiro atoms. The van der Waals surface area contributed by atoms with Gasteiger partial charge in [0.25, 0.3) is 0 Å². The summed E-state index contributed by atoms with van der Waals surface area (Å²) < 4.78 is 16.0. The first-order valence-corrected chi connectivity index (χ1v) is 9.36. The molecule has 1 saturated heterocycles. The minimum absolute atomic E-state index is 0.140. The van der Waals surface area contributed by atoms with Crippen LogP contribution < -0.4 is 9.47 Å². The second-order valence-corrected chi connectivity index (χ2v) is 6.79. The minimum atomic E-state index is -0.181. The van der Waals surface area contributed by atoms with E-state index < -0.39 is 0 Å². The lowest BCUT2D eigenvalue weighted by molar-refractivity contribution is -0.153. The largest absolute Gasteiger partial charge is 0.497 e. The van der Waals surface area contributed by atoms with E-state index in [1.807, 2.05) is 48.5 Å². The second-order valence-electron chi connectivity index (χ2n) is 6.79. The van der Waals surface area contributed by atoms with Crippen LogP contribution in [0.25, 0.3) is 0 Å². The van der Waals surface area contributed by atoms with Crippen LogP contribution in [0.5, 0.6) is 11.5 Å². The van der Waals surface area contributed by atoms with Crippen LogP contribution >= 0.6 is 0 Å². The third-order valence-corrected chi connectivity index (χ3v) is 4.97. The summed E-state index contributed by atoms with van der Waals surface area (Å²) in [4.78, 5) is 14.9. The number of methoxy groups -OCH3 is 2. The summed E-state index contributed by atoms with van der Waals surface area (Å²) in [7, 11) is 3.30. The average molecular weight is 369 g/mol. The molecule has 2 aromatic carbocycles. The van der Waals surface area contributed by atoms with E-state index >= 15 is 0 Å². The molecule has 0 N–H and O–H groups in total. The Balaban J connectivity index is 1.58. The van der Waals surface area contributed by atoms with Gasteiger partial charge >= 0.3 is 5.97 Å². The fourth-order valence-electron chi connectivity index (χ4n) is 3.39. The molecule has 0 bridgehead atoms. The molecule has 1 fully saturated rings. The van der Waals surface area contributed by atoms with Gasteiger partial charge in [0.15, 0.2) is 0 Å². The van der Waals surface area contributed by atoms with Crippen molar-refractivity contribution in [2.45, 2.75) is 38.5 Å². The van der Waals surface area contributed by atoms with Gasteiger partial charge in [0, 0.05) is 6.54 Å². The van der Waals surface area contributed by atoms with Crippen molar-refractivity contribution in [3.63, 3.8) is 0 Å². The van der Waals surface area contributed by atoms with Gasteiger partial charge in [-0.1, -0.05) is 30.7 Å². The van der Waals surface area contributed by atoms with Crippen molar-refractivity contribution in [2.75, 3.05) is 20.8 Å². The minimum Gasteiger partial charge on any atom is -0.497 e. The first-order chi connectivity index (χ1) is 13.2. The number of esters is 1. The van der Waals surface area contributed by atoms with Crippen molar-refractivity contribution >= 4 is 5.97 Å². The second kappa shape index (κ2) is 9.42. The van der Waals surface area contributed by atoms with E-state index in [2.05, 4.69) is 4.90 Å². The number of carbonyl (C=O) groups excluding carboxylic acids is 1. The first kappa shape index (κ1) is 19.2. The molecule has 1 unspecified atom stereocenters. The summed E-state index contributed by atoms with van der Waals surface area (Å²) in [5, 5.41) is 0. The van der Waals surface area contributed by atoms with Gasteiger partial charge in [-0.15, -0.1) is 0 Å². The van der Waals surface area contributed by atoms with Gasteiger partial charge in [0.2, 0.25) is 0 Å². The Labute approximate surface area is 160 Å². The number of carbonyl (C=O) groups is 1. The topological polar surface area (TPSA) is 48.0 Å². The molecule has 2 aromatic rings. The SMILES string of the molecule is COc1ccc(COC(=O)C2CCCCN2Cc2ccc(OC)cc2)cc1. The monoisotopic (exact) mass is 369 g/mol. The molecular weight excluding hydrogens is 342 g/mol. The number of hydrogen-bond acceptors (Lipinski definition) is 5. The highest BCUT2D eigenvalue weighted by atomic mass is 16.5. The van der Waals surface area contributed by atoms with E-state index in [1.165, 1.54) is 5.56 Å². The first-order valence-electron chi connectivity index (χ1n) is 9.36. The molecule has 5 nitrogen and oxygen atoms in total.